The standard InChI is InChI=1S/C12H15ClN2O2/c13-9-2-1-3-10(6-9)15-12(16)7-11-8-17-5-4-14-11/h1-3,6,11,14H,4-5,7-8H2,(H,15,16). The molecule has 17 heavy (non-hydrogen) atoms. The van der Waals surface area contributed by atoms with Crippen LogP contribution >= 0.6 is 11.6 Å². The van der Waals surface area contributed by atoms with Gasteiger partial charge < -0.3 is 15.4 Å². The van der Waals surface area contributed by atoms with E-state index in [2.05, 4.69) is 10.6 Å². The number of rotatable bonds is 3. The van der Waals surface area contributed by atoms with E-state index in [1.165, 1.54) is 0 Å². The van der Waals surface area contributed by atoms with E-state index in [9.17, 15) is 4.79 Å². The van der Waals surface area contributed by atoms with Gasteiger partial charge in [-0.15, -0.1) is 0 Å². The van der Waals surface area contributed by atoms with Crippen molar-refractivity contribution in [3.63, 3.8) is 0 Å². The molecular weight excluding hydrogens is 240 g/mol. The van der Waals surface area contributed by atoms with Crippen molar-refractivity contribution in [2.75, 3.05) is 25.1 Å². The van der Waals surface area contributed by atoms with Crippen molar-refractivity contribution >= 4 is 23.2 Å². The molecule has 1 aromatic rings. The average molecular weight is 255 g/mol. The molecule has 1 aliphatic heterocycles. The van der Waals surface area contributed by atoms with Gasteiger partial charge in [0.25, 0.3) is 0 Å². The van der Waals surface area contributed by atoms with Crippen molar-refractivity contribution in [2.24, 2.45) is 0 Å². The zero-order valence-corrected chi connectivity index (χ0v) is 10.2. The Morgan fingerprint density at radius 2 is 2.47 bits per heavy atom. The van der Waals surface area contributed by atoms with Gasteiger partial charge in [0, 0.05) is 29.7 Å². The highest BCUT2D eigenvalue weighted by Crippen LogP contribution is 2.15. The van der Waals surface area contributed by atoms with Crippen molar-refractivity contribution in [3.8, 4) is 0 Å². The second-order valence-electron chi connectivity index (χ2n) is 3.99. The summed E-state index contributed by atoms with van der Waals surface area (Å²) in [6.45, 7) is 2.10. The monoisotopic (exact) mass is 254 g/mol. The van der Waals surface area contributed by atoms with Crippen LogP contribution in [0.2, 0.25) is 5.02 Å². The largest absolute Gasteiger partial charge is 0.378 e. The average Bonchev–Trinajstić information content (AvgIpc) is 2.30. The maximum atomic E-state index is 11.7. The van der Waals surface area contributed by atoms with Gasteiger partial charge in [-0.05, 0) is 18.2 Å². The maximum absolute atomic E-state index is 11.7. The molecule has 1 aliphatic rings. The number of amides is 1. The fourth-order valence-corrected chi connectivity index (χ4v) is 1.94. The van der Waals surface area contributed by atoms with E-state index in [1.54, 1.807) is 18.2 Å². The molecule has 0 aliphatic carbocycles. The number of carbonyl (C=O) groups excluding carboxylic acids is 1. The lowest BCUT2D eigenvalue weighted by Crippen LogP contribution is -2.43. The van der Waals surface area contributed by atoms with E-state index in [-0.39, 0.29) is 11.9 Å². The summed E-state index contributed by atoms with van der Waals surface area (Å²) in [4.78, 5) is 11.7. The molecule has 92 valence electrons. The second kappa shape index (κ2) is 6.00. The summed E-state index contributed by atoms with van der Waals surface area (Å²) < 4.78 is 5.29. The van der Waals surface area contributed by atoms with Gasteiger partial charge in [0.05, 0.1) is 13.2 Å². The van der Waals surface area contributed by atoms with Gasteiger partial charge in [-0.3, -0.25) is 4.79 Å². The molecular formula is C12H15ClN2O2. The number of nitrogens with one attached hydrogen (secondary N) is 2. The van der Waals surface area contributed by atoms with Crippen LogP contribution in [0.1, 0.15) is 6.42 Å². The Morgan fingerprint density at radius 1 is 1.59 bits per heavy atom. The molecule has 1 atom stereocenters. The fourth-order valence-electron chi connectivity index (χ4n) is 1.75. The summed E-state index contributed by atoms with van der Waals surface area (Å²) in [7, 11) is 0. The summed E-state index contributed by atoms with van der Waals surface area (Å²) >= 11 is 5.84. The van der Waals surface area contributed by atoms with Crippen molar-refractivity contribution in [1.82, 2.24) is 5.32 Å². The molecule has 2 N–H and O–H groups in total. The van der Waals surface area contributed by atoms with E-state index in [1.807, 2.05) is 6.07 Å². The van der Waals surface area contributed by atoms with Crippen LogP contribution in [-0.4, -0.2) is 31.7 Å². The molecule has 0 saturated carbocycles. The number of morpholine rings is 1. The van der Waals surface area contributed by atoms with Gasteiger partial charge in [-0.1, -0.05) is 17.7 Å². The number of carbonyl (C=O) groups is 1. The normalized spacial score (nSPS) is 19.9. The Bertz CT molecular complexity index is 392. The first-order chi connectivity index (χ1) is 8.24. The zero-order chi connectivity index (χ0) is 12.1. The molecule has 5 heteroatoms. The topological polar surface area (TPSA) is 50.4 Å². The lowest BCUT2D eigenvalue weighted by Gasteiger charge is -2.23. The molecule has 1 unspecified atom stereocenters. The number of halogens is 1. The Morgan fingerprint density at radius 3 is 3.18 bits per heavy atom. The predicted octanol–water partition coefficient (Wildman–Crippen LogP) is 1.66. The third-order valence-electron chi connectivity index (χ3n) is 2.54. The molecule has 0 aromatic heterocycles. The third kappa shape index (κ3) is 4.00. The molecule has 1 fully saturated rings. The van der Waals surface area contributed by atoms with Gasteiger partial charge in [-0.25, -0.2) is 0 Å². The van der Waals surface area contributed by atoms with Crippen LogP contribution in [0.25, 0.3) is 0 Å². The first-order valence-corrected chi connectivity index (χ1v) is 5.98. The van der Waals surface area contributed by atoms with Crippen molar-refractivity contribution < 1.29 is 9.53 Å². The summed E-state index contributed by atoms with van der Waals surface area (Å²) in [5, 5.41) is 6.66. The number of hydrogen-bond acceptors (Lipinski definition) is 3. The van der Waals surface area contributed by atoms with E-state index in [4.69, 9.17) is 16.3 Å². The Kier molecular flexibility index (Phi) is 4.36. The van der Waals surface area contributed by atoms with Gasteiger partial charge in [0.2, 0.25) is 5.91 Å². The highest BCUT2D eigenvalue weighted by atomic mass is 35.5. The molecule has 0 spiro atoms. The van der Waals surface area contributed by atoms with Gasteiger partial charge in [-0.2, -0.15) is 0 Å². The SMILES string of the molecule is O=C(CC1COCCN1)Nc1cccc(Cl)c1. The first kappa shape index (κ1) is 12.4. The van der Waals surface area contributed by atoms with Crippen LogP contribution in [0.3, 0.4) is 0 Å². The first-order valence-electron chi connectivity index (χ1n) is 5.60. The molecule has 4 nitrogen and oxygen atoms in total. The Hall–Kier alpha value is -1.10. The van der Waals surface area contributed by atoms with E-state index in [0.29, 0.717) is 24.7 Å². The van der Waals surface area contributed by atoms with Gasteiger partial charge >= 0.3 is 0 Å². The maximum Gasteiger partial charge on any atom is 0.226 e. The van der Waals surface area contributed by atoms with Crippen LogP contribution in [0.5, 0.6) is 0 Å². The molecule has 1 aromatic carbocycles. The number of benzene rings is 1. The molecule has 1 saturated heterocycles. The van der Waals surface area contributed by atoms with Crippen LogP contribution in [-0.2, 0) is 9.53 Å². The number of hydrogen-bond donors (Lipinski definition) is 2. The fraction of sp³-hybridized carbons (Fsp3) is 0.417. The van der Waals surface area contributed by atoms with Crippen molar-refractivity contribution in [2.45, 2.75) is 12.5 Å². The lowest BCUT2D eigenvalue weighted by atomic mass is 10.2. The van der Waals surface area contributed by atoms with Crippen LogP contribution in [0.4, 0.5) is 5.69 Å². The minimum Gasteiger partial charge on any atom is -0.378 e. The number of anilines is 1. The van der Waals surface area contributed by atoms with Crippen LogP contribution in [0, 0.1) is 0 Å². The third-order valence-corrected chi connectivity index (χ3v) is 2.77. The zero-order valence-electron chi connectivity index (χ0n) is 9.41. The highest BCUT2D eigenvalue weighted by molar-refractivity contribution is 6.30. The van der Waals surface area contributed by atoms with Gasteiger partial charge in [0.15, 0.2) is 0 Å². The Labute approximate surface area is 105 Å². The second-order valence-corrected chi connectivity index (χ2v) is 4.43. The Balaban J connectivity index is 1.84. The number of ether oxygens (including phenoxy) is 1. The molecule has 1 heterocycles. The smallest absolute Gasteiger partial charge is 0.226 e. The highest BCUT2D eigenvalue weighted by Gasteiger charge is 2.16. The summed E-state index contributed by atoms with van der Waals surface area (Å²) in [6, 6.07) is 7.22. The summed E-state index contributed by atoms with van der Waals surface area (Å²) in [5.74, 6) is -0.0322. The summed E-state index contributed by atoms with van der Waals surface area (Å²) in [6.07, 6.45) is 0.409. The van der Waals surface area contributed by atoms with E-state index in [0.717, 1.165) is 12.2 Å². The molecule has 0 radical (unpaired) electrons. The minimum atomic E-state index is -0.0322. The molecule has 1 amide bonds. The van der Waals surface area contributed by atoms with E-state index < -0.39 is 0 Å². The quantitative estimate of drug-likeness (QED) is 0.863. The molecule has 0 bridgehead atoms. The van der Waals surface area contributed by atoms with Crippen LogP contribution < -0.4 is 10.6 Å². The predicted molar refractivity (Wildman–Crippen MR) is 67.3 cm³/mol. The van der Waals surface area contributed by atoms with Gasteiger partial charge in [0.1, 0.15) is 0 Å². The summed E-state index contributed by atoms with van der Waals surface area (Å²) in [5.41, 5.74) is 0.722. The lowest BCUT2D eigenvalue weighted by molar-refractivity contribution is -0.117. The van der Waals surface area contributed by atoms with E-state index >= 15 is 0 Å². The van der Waals surface area contributed by atoms with Crippen molar-refractivity contribution in [3.05, 3.63) is 29.3 Å². The van der Waals surface area contributed by atoms with Crippen molar-refractivity contribution in [1.29, 1.82) is 0 Å². The minimum absolute atomic E-state index is 0.0322. The molecule has 2 rings (SSSR count). The van der Waals surface area contributed by atoms with Crippen LogP contribution in [0.15, 0.2) is 24.3 Å².